The van der Waals surface area contributed by atoms with Crippen molar-refractivity contribution in [3.05, 3.63) is 23.8 Å². The first-order chi connectivity index (χ1) is 7.39. The van der Waals surface area contributed by atoms with Gasteiger partial charge in [-0.05, 0) is 24.6 Å². The number of aliphatic hydroxyl groups is 1. The zero-order valence-electron chi connectivity index (χ0n) is 9.73. The number of hydrogen-bond donors (Lipinski definition) is 2. The Hall–Kier alpha value is -1.26. The van der Waals surface area contributed by atoms with Crippen molar-refractivity contribution in [1.29, 1.82) is 0 Å². The Balaban J connectivity index is 2.29. The smallest absolute Gasteiger partial charge is 0.246 e. The summed E-state index contributed by atoms with van der Waals surface area (Å²) in [6.45, 7) is 5.45. The molecule has 3 N–H and O–H groups in total. The fraction of sp³-hybridized carbons (Fsp3) is 0.500. The topological polar surface area (TPSA) is 64.7 Å². The number of hydrogen-bond acceptors (Lipinski definition) is 4. The van der Waals surface area contributed by atoms with Crippen LogP contribution in [0.5, 0.6) is 11.5 Å². The van der Waals surface area contributed by atoms with E-state index in [1.54, 1.807) is 25.1 Å². The van der Waals surface area contributed by atoms with E-state index in [1.165, 1.54) is 0 Å². The highest BCUT2D eigenvalue weighted by Crippen LogP contribution is 2.40. The molecule has 4 nitrogen and oxygen atoms in total. The standard InChI is InChI=1S/C12H17NO3/c1-7(13)11(14)8-4-5-9-10(6-8)16-12(2,3)15-9/h4-7,11,14H,13H2,1-3H3/t7-,11-/m0/s1. The predicted octanol–water partition coefficient (Wildman–Crippen LogP) is 1.57. The Morgan fingerprint density at radius 3 is 2.50 bits per heavy atom. The van der Waals surface area contributed by atoms with Crippen molar-refractivity contribution in [3.8, 4) is 11.5 Å². The van der Waals surface area contributed by atoms with Crippen molar-refractivity contribution in [1.82, 2.24) is 0 Å². The molecule has 0 fully saturated rings. The average molecular weight is 223 g/mol. The quantitative estimate of drug-likeness (QED) is 0.798. The molecule has 1 heterocycles. The molecule has 4 heteroatoms. The van der Waals surface area contributed by atoms with E-state index in [9.17, 15) is 5.11 Å². The lowest BCUT2D eigenvalue weighted by Gasteiger charge is -2.16. The Labute approximate surface area is 95.0 Å². The van der Waals surface area contributed by atoms with Crippen LogP contribution in [0.4, 0.5) is 0 Å². The van der Waals surface area contributed by atoms with E-state index in [1.807, 2.05) is 13.8 Å². The Morgan fingerprint density at radius 1 is 1.25 bits per heavy atom. The predicted molar refractivity (Wildman–Crippen MR) is 60.4 cm³/mol. The number of benzene rings is 1. The summed E-state index contributed by atoms with van der Waals surface area (Å²) in [5.41, 5.74) is 6.39. The summed E-state index contributed by atoms with van der Waals surface area (Å²) >= 11 is 0. The van der Waals surface area contributed by atoms with E-state index < -0.39 is 11.9 Å². The summed E-state index contributed by atoms with van der Waals surface area (Å²) in [7, 11) is 0. The summed E-state index contributed by atoms with van der Waals surface area (Å²) in [6, 6.07) is 5.06. The van der Waals surface area contributed by atoms with Crippen molar-refractivity contribution < 1.29 is 14.6 Å². The first-order valence-electron chi connectivity index (χ1n) is 5.35. The van der Waals surface area contributed by atoms with Crippen LogP contribution in [-0.2, 0) is 0 Å². The second-order valence-corrected chi connectivity index (χ2v) is 4.61. The number of rotatable bonds is 2. The molecule has 0 saturated carbocycles. The molecule has 0 bridgehead atoms. The summed E-state index contributed by atoms with van der Waals surface area (Å²) in [5.74, 6) is 0.716. The molecule has 2 atom stereocenters. The van der Waals surface area contributed by atoms with Crippen molar-refractivity contribution in [3.63, 3.8) is 0 Å². The van der Waals surface area contributed by atoms with Crippen LogP contribution in [-0.4, -0.2) is 16.9 Å². The van der Waals surface area contributed by atoms with Gasteiger partial charge < -0.3 is 20.3 Å². The minimum Gasteiger partial charge on any atom is -0.449 e. The molecule has 1 aliphatic heterocycles. The maximum absolute atomic E-state index is 9.84. The molecular formula is C12H17NO3. The van der Waals surface area contributed by atoms with Gasteiger partial charge in [0.25, 0.3) is 0 Å². The molecule has 0 unspecified atom stereocenters. The van der Waals surface area contributed by atoms with Gasteiger partial charge in [-0.15, -0.1) is 0 Å². The maximum Gasteiger partial charge on any atom is 0.246 e. The highest BCUT2D eigenvalue weighted by molar-refractivity contribution is 5.46. The van der Waals surface area contributed by atoms with Crippen molar-refractivity contribution in [2.24, 2.45) is 5.73 Å². The van der Waals surface area contributed by atoms with Crippen LogP contribution in [0.2, 0.25) is 0 Å². The third-order valence-corrected chi connectivity index (χ3v) is 2.52. The zero-order chi connectivity index (χ0) is 11.9. The molecule has 0 aromatic heterocycles. The lowest BCUT2D eigenvalue weighted by atomic mass is 10.0. The lowest BCUT2D eigenvalue weighted by Crippen LogP contribution is -2.29. The third-order valence-electron chi connectivity index (χ3n) is 2.52. The Bertz CT molecular complexity index is 401. The van der Waals surface area contributed by atoms with Crippen molar-refractivity contribution in [2.75, 3.05) is 0 Å². The molecule has 0 saturated heterocycles. The first kappa shape index (κ1) is 11.2. The van der Waals surface area contributed by atoms with Gasteiger partial charge in [-0.25, -0.2) is 0 Å². The molecule has 0 amide bonds. The fourth-order valence-corrected chi connectivity index (χ4v) is 1.73. The first-order valence-corrected chi connectivity index (χ1v) is 5.35. The second kappa shape index (κ2) is 3.64. The van der Waals surface area contributed by atoms with Crippen LogP contribution in [0.25, 0.3) is 0 Å². The van der Waals surface area contributed by atoms with Crippen LogP contribution < -0.4 is 15.2 Å². The summed E-state index contributed by atoms with van der Waals surface area (Å²) in [5, 5.41) is 9.84. The van der Waals surface area contributed by atoms with E-state index in [4.69, 9.17) is 15.2 Å². The normalized spacial score (nSPS) is 20.6. The highest BCUT2D eigenvalue weighted by Gasteiger charge is 2.32. The van der Waals surface area contributed by atoms with Gasteiger partial charge in [-0.1, -0.05) is 6.07 Å². The van der Waals surface area contributed by atoms with Gasteiger partial charge in [0.1, 0.15) is 0 Å². The van der Waals surface area contributed by atoms with Crippen LogP contribution in [0.3, 0.4) is 0 Å². The van der Waals surface area contributed by atoms with Crippen molar-refractivity contribution in [2.45, 2.75) is 38.7 Å². The third kappa shape index (κ3) is 1.99. The molecule has 0 radical (unpaired) electrons. The van der Waals surface area contributed by atoms with Gasteiger partial charge in [0, 0.05) is 19.9 Å². The molecule has 1 aliphatic rings. The van der Waals surface area contributed by atoms with Gasteiger partial charge >= 0.3 is 0 Å². The highest BCUT2D eigenvalue weighted by atomic mass is 16.7. The maximum atomic E-state index is 9.84. The number of aliphatic hydroxyl groups excluding tert-OH is 1. The van der Waals surface area contributed by atoms with Crippen LogP contribution in [0.15, 0.2) is 18.2 Å². The lowest BCUT2D eigenvalue weighted by molar-refractivity contribution is -0.0432. The summed E-state index contributed by atoms with van der Waals surface area (Å²) < 4.78 is 11.1. The van der Waals surface area contributed by atoms with Crippen LogP contribution >= 0.6 is 0 Å². The second-order valence-electron chi connectivity index (χ2n) is 4.61. The van der Waals surface area contributed by atoms with Gasteiger partial charge in [0.15, 0.2) is 11.5 Å². The number of nitrogens with two attached hydrogens (primary N) is 1. The minimum atomic E-state index is -0.683. The molecular weight excluding hydrogens is 206 g/mol. The molecule has 1 aromatic rings. The van der Waals surface area contributed by atoms with Crippen LogP contribution in [0, 0.1) is 0 Å². The van der Waals surface area contributed by atoms with E-state index >= 15 is 0 Å². The summed E-state index contributed by atoms with van der Waals surface area (Å²) in [6.07, 6.45) is -0.683. The molecule has 2 rings (SSSR count). The number of fused-ring (bicyclic) bond motifs is 1. The van der Waals surface area contributed by atoms with Crippen molar-refractivity contribution >= 4 is 0 Å². The molecule has 0 spiro atoms. The Kier molecular flexibility index (Phi) is 2.56. The molecule has 1 aromatic carbocycles. The average Bonchev–Trinajstić information content (AvgIpc) is 2.48. The van der Waals surface area contributed by atoms with E-state index in [2.05, 4.69) is 0 Å². The van der Waals surface area contributed by atoms with E-state index in [-0.39, 0.29) is 6.04 Å². The largest absolute Gasteiger partial charge is 0.449 e. The van der Waals surface area contributed by atoms with Crippen LogP contribution in [0.1, 0.15) is 32.4 Å². The van der Waals surface area contributed by atoms with E-state index in [0.29, 0.717) is 11.5 Å². The van der Waals surface area contributed by atoms with Gasteiger partial charge in [0.05, 0.1) is 6.10 Å². The fourth-order valence-electron chi connectivity index (χ4n) is 1.73. The SMILES string of the molecule is C[C@H](N)[C@H](O)c1ccc2c(c1)OC(C)(C)O2. The van der Waals surface area contributed by atoms with E-state index in [0.717, 1.165) is 5.56 Å². The van der Waals surface area contributed by atoms with Gasteiger partial charge in [0.2, 0.25) is 5.79 Å². The Morgan fingerprint density at radius 2 is 1.88 bits per heavy atom. The molecule has 88 valence electrons. The molecule has 0 aliphatic carbocycles. The van der Waals surface area contributed by atoms with Gasteiger partial charge in [-0.2, -0.15) is 0 Å². The zero-order valence-corrected chi connectivity index (χ0v) is 9.73. The minimum absolute atomic E-state index is 0.312. The number of ether oxygens (including phenoxy) is 2. The monoisotopic (exact) mass is 223 g/mol. The van der Waals surface area contributed by atoms with Gasteiger partial charge in [-0.3, -0.25) is 0 Å². The summed E-state index contributed by atoms with van der Waals surface area (Å²) in [4.78, 5) is 0. The molecule has 16 heavy (non-hydrogen) atoms.